The fraction of sp³-hybridized carbons (Fsp3) is 0.0357. The van der Waals surface area contributed by atoms with Crippen LogP contribution >= 0.6 is 0 Å². The van der Waals surface area contributed by atoms with E-state index in [0.717, 1.165) is 49.9 Å². The maximum Gasteiger partial charge on any atom is 0.0708 e. The monoisotopic (exact) mass is 412 g/mol. The van der Waals surface area contributed by atoms with Crippen LogP contribution in [0.1, 0.15) is 17.5 Å². The van der Waals surface area contributed by atoms with Gasteiger partial charge in [-0.05, 0) is 47.5 Å². The zero-order valence-corrected chi connectivity index (χ0v) is 17.4. The SMILES string of the molecule is N#CC/C(=C(/Nc1ccccc1)c1ccnc2ccccc12)c1ccnc2ccccc12. The van der Waals surface area contributed by atoms with Gasteiger partial charge in [0.2, 0.25) is 0 Å². The summed E-state index contributed by atoms with van der Waals surface area (Å²) in [6.07, 6.45) is 3.87. The molecule has 0 aliphatic rings. The molecule has 0 spiro atoms. The Morgan fingerprint density at radius 1 is 0.688 bits per heavy atom. The van der Waals surface area contributed by atoms with Crippen molar-refractivity contribution in [1.29, 1.82) is 5.26 Å². The summed E-state index contributed by atoms with van der Waals surface area (Å²) in [7, 11) is 0. The highest BCUT2D eigenvalue weighted by molar-refractivity contribution is 6.07. The van der Waals surface area contributed by atoms with E-state index in [1.807, 2.05) is 85.1 Å². The van der Waals surface area contributed by atoms with Gasteiger partial charge in [-0.25, -0.2) is 0 Å². The first-order valence-corrected chi connectivity index (χ1v) is 10.5. The molecule has 4 nitrogen and oxygen atoms in total. The highest BCUT2D eigenvalue weighted by Gasteiger charge is 2.17. The molecular weight excluding hydrogens is 392 g/mol. The summed E-state index contributed by atoms with van der Waals surface area (Å²) in [5.74, 6) is 0. The number of anilines is 1. The van der Waals surface area contributed by atoms with Gasteiger partial charge in [0.15, 0.2) is 0 Å². The number of nitrogens with zero attached hydrogens (tertiary/aromatic N) is 3. The standard InChI is InChI=1S/C28H20N4/c29-17-14-24(21-15-18-30-26-12-6-4-10-22(21)26)28(32-20-8-2-1-3-9-20)25-16-19-31-27-13-7-5-11-23(25)27/h1-13,15-16,18-19,32H,14H2/b28-24-. The second-order valence-electron chi connectivity index (χ2n) is 7.43. The maximum absolute atomic E-state index is 9.81. The second-order valence-corrected chi connectivity index (χ2v) is 7.43. The molecule has 0 amide bonds. The summed E-state index contributed by atoms with van der Waals surface area (Å²) in [5.41, 5.74) is 6.59. The molecule has 0 bridgehead atoms. The minimum Gasteiger partial charge on any atom is -0.355 e. The van der Waals surface area contributed by atoms with Crippen LogP contribution in [0.15, 0.2) is 103 Å². The zero-order chi connectivity index (χ0) is 21.8. The number of allylic oxidation sites excluding steroid dienone is 1. The molecule has 5 rings (SSSR count). The highest BCUT2D eigenvalue weighted by Crippen LogP contribution is 2.35. The first-order chi connectivity index (χ1) is 15.8. The largest absolute Gasteiger partial charge is 0.355 e. The van der Waals surface area contributed by atoms with Crippen LogP contribution in [0.4, 0.5) is 5.69 Å². The van der Waals surface area contributed by atoms with Crippen molar-refractivity contribution < 1.29 is 0 Å². The van der Waals surface area contributed by atoms with Crippen LogP contribution in [0.3, 0.4) is 0 Å². The van der Waals surface area contributed by atoms with Gasteiger partial charge < -0.3 is 5.32 Å². The average molecular weight is 412 g/mol. The first kappa shape index (κ1) is 19.5. The van der Waals surface area contributed by atoms with Crippen molar-refractivity contribution in [2.24, 2.45) is 0 Å². The fourth-order valence-corrected chi connectivity index (χ4v) is 4.04. The Kier molecular flexibility index (Phi) is 5.30. The lowest BCUT2D eigenvalue weighted by molar-refractivity contribution is 1.33. The molecular formula is C28H20N4. The Bertz CT molecular complexity index is 1470. The number of fused-ring (bicyclic) bond motifs is 2. The summed E-state index contributed by atoms with van der Waals surface area (Å²) in [6, 6.07) is 32.5. The molecule has 2 heterocycles. The maximum atomic E-state index is 9.81. The van der Waals surface area contributed by atoms with Crippen molar-refractivity contribution in [1.82, 2.24) is 9.97 Å². The fourth-order valence-electron chi connectivity index (χ4n) is 4.04. The van der Waals surface area contributed by atoms with E-state index >= 15 is 0 Å². The first-order valence-electron chi connectivity index (χ1n) is 10.5. The molecule has 32 heavy (non-hydrogen) atoms. The zero-order valence-electron chi connectivity index (χ0n) is 17.4. The second kappa shape index (κ2) is 8.71. The Hall–Kier alpha value is -4.49. The molecule has 3 aromatic carbocycles. The van der Waals surface area contributed by atoms with Gasteiger partial charge in [0.1, 0.15) is 0 Å². The van der Waals surface area contributed by atoms with Gasteiger partial charge >= 0.3 is 0 Å². The normalized spacial score (nSPS) is 11.7. The predicted molar refractivity (Wildman–Crippen MR) is 131 cm³/mol. The number of hydrogen-bond acceptors (Lipinski definition) is 4. The topological polar surface area (TPSA) is 61.6 Å². The number of rotatable bonds is 5. The van der Waals surface area contributed by atoms with Gasteiger partial charge in [-0.1, -0.05) is 54.6 Å². The minimum absolute atomic E-state index is 0.250. The molecule has 0 unspecified atom stereocenters. The molecule has 0 fully saturated rings. The Morgan fingerprint density at radius 3 is 1.91 bits per heavy atom. The number of pyridine rings is 2. The third-order valence-electron chi connectivity index (χ3n) is 5.49. The lowest BCUT2D eigenvalue weighted by Gasteiger charge is -2.19. The number of nitriles is 1. The molecule has 0 aliphatic heterocycles. The van der Waals surface area contributed by atoms with Gasteiger partial charge in [-0.15, -0.1) is 0 Å². The number of benzene rings is 3. The van der Waals surface area contributed by atoms with Gasteiger partial charge in [-0.3, -0.25) is 9.97 Å². The molecule has 4 heteroatoms. The molecule has 0 atom stereocenters. The van der Waals surface area contributed by atoms with Gasteiger partial charge in [-0.2, -0.15) is 5.26 Å². The quantitative estimate of drug-likeness (QED) is 0.350. The van der Waals surface area contributed by atoms with E-state index in [2.05, 4.69) is 33.5 Å². The van der Waals surface area contributed by atoms with E-state index in [4.69, 9.17) is 0 Å². The van der Waals surface area contributed by atoms with Crippen molar-refractivity contribution in [2.45, 2.75) is 6.42 Å². The summed E-state index contributed by atoms with van der Waals surface area (Å²) < 4.78 is 0. The molecule has 1 N–H and O–H groups in total. The molecule has 0 saturated carbocycles. The van der Waals surface area contributed by atoms with Crippen LogP contribution in [-0.4, -0.2) is 9.97 Å². The molecule has 0 radical (unpaired) electrons. The number of aromatic nitrogens is 2. The van der Waals surface area contributed by atoms with E-state index in [9.17, 15) is 5.26 Å². The Balaban J connectivity index is 1.85. The smallest absolute Gasteiger partial charge is 0.0708 e. The molecule has 5 aromatic rings. The van der Waals surface area contributed by atoms with Crippen LogP contribution in [0.25, 0.3) is 33.1 Å². The van der Waals surface area contributed by atoms with E-state index in [-0.39, 0.29) is 6.42 Å². The van der Waals surface area contributed by atoms with Crippen LogP contribution in [0.2, 0.25) is 0 Å². The number of para-hydroxylation sites is 3. The van der Waals surface area contributed by atoms with E-state index < -0.39 is 0 Å². The van der Waals surface area contributed by atoms with Crippen molar-refractivity contribution in [3.63, 3.8) is 0 Å². The predicted octanol–water partition coefficient (Wildman–Crippen LogP) is 6.68. The minimum atomic E-state index is 0.250. The van der Waals surface area contributed by atoms with E-state index in [1.54, 1.807) is 6.20 Å². The Labute approximate surface area is 186 Å². The van der Waals surface area contributed by atoms with Crippen LogP contribution in [-0.2, 0) is 0 Å². The van der Waals surface area contributed by atoms with Gasteiger partial charge in [0.05, 0.1) is 29.2 Å². The van der Waals surface area contributed by atoms with Crippen molar-refractivity contribution in [3.8, 4) is 6.07 Å². The summed E-state index contributed by atoms with van der Waals surface area (Å²) in [4.78, 5) is 9.05. The lowest BCUT2D eigenvalue weighted by atomic mass is 9.93. The number of nitrogens with one attached hydrogen (secondary N) is 1. The van der Waals surface area contributed by atoms with E-state index in [0.29, 0.717) is 0 Å². The van der Waals surface area contributed by atoms with Gasteiger partial charge in [0, 0.05) is 34.4 Å². The summed E-state index contributed by atoms with van der Waals surface area (Å²) in [5, 5.41) is 15.5. The van der Waals surface area contributed by atoms with Crippen molar-refractivity contribution in [2.75, 3.05) is 5.32 Å². The third-order valence-corrected chi connectivity index (χ3v) is 5.49. The summed E-state index contributed by atoms with van der Waals surface area (Å²) >= 11 is 0. The van der Waals surface area contributed by atoms with Crippen LogP contribution in [0.5, 0.6) is 0 Å². The van der Waals surface area contributed by atoms with Crippen molar-refractivity contribution in [3.05, 3.63) is 115 Å². The molecule has 0 saturated heterocycles. The van der Waals surface area contributed by atoms with E-state index in [1.165, 1.54) is 0 Å². The molecule has 2 aromatic heterocycles. The average Bonchev–Trinajstić information content (AvgIpc) is 2.86. The van der Waals surface area contributed by atoms with Gasteiger partial charge in [0.25, 0.3) is 0 Å². The Morgan fingerprint density at radius 2 is 1.25 bits per heavy atom. The van der Waals surface area contributed by atoms with Crippen molar-refractivity contribution >= 4 is 38.8 Å². The van der Waals surface area contributed by atoms with Crippen LogP contribution in [0, 0.1) is 11.3 Å². The summed E-state index contributed by atoms with van der Waals surface area (Å²) in [6.45, 7) is 0. The van der Waals surface area contributed by atoms with Crippen LogP contribution < -0.4 is 5.32 Å². The molecule has 0 aliphatic carbocycles. The highest BCUT2D eigenvalue weighted by atomic mass is 14.9. The molecule has 152 valence electrons. The number of hydrogen-bond donors (Lipinski definition) is 1. The lowest BCUT2D eigenvalue weighted by Crippen LogP contribution is -2.05. The third kappa shape index (κ3) is 3.68.